The second-order valence-electron chi connectivity index (χ2n) is 6.81. The zero-order valence-electron chi connectivity index (χ0n) is 17.4. The summed E-state index contributed by atoms with van der Waals surface area (Å²) < 4.78 is 44.7. The molecule has 0 bridgehead atoms. The van der Waals surface area contributed by atoms with Gasteiger partial charge in [-0.1, -0.05) is 6.07 Å². The van der Waals surface area contributed by atoms with Crippen molar-refractivity contribution in [3.8, 4) is 5.75 Å². The molecule has 35 heavy (non-hydrogen) atoms. The molecule has 1 aromatic heterocycles. The molecule has 0 radical (unpaired) electrons. The van der Waals surface area contributed by atoms with Crippen molar-refractivity contribution in [2.45, 2.75) is 12.6 Å². The van der Waals surface area contributed by atoms with Crippen LogP contribution in [0.1, 0.15) is 16.8 Å². The number of carboxylic acids is 1. The van der Waals surface area contributed by atoms with Crippen LogP contribution in [0.5, 0.6) is 5.75 Å². The number of carboxylic acid groups (broad SMARTS) is 1. The molecule has 14 heteroatoms. The third kappa shape index (κ3) is 8.04. The van der Waals surface area contributed by atoms with Crippen molar-refractivity contribution in [2.24, 2.45) is 5.10 Å². The second-order valence-corrected chi connectivity index (χ2v) is 9.38. The molecule has 0 saturated carbocycles. The lowest BCUT2D eigenvalue weighted by Crippen LogP contribution is -2.20. The van der Waals surface area contributed by atoms with E-state index in [9.17, 15) is 22.8 Å². The molecule has 3 N–H and O–H groups in total. The Bertz CT molecular complexity index is 1240. The fraction of sp³-hybridized carbons (Fsp3) is 0.143. The van der Waals surface area contributed by atoms with Gasteiger partial charge in [-0.25, -0.2) is 15.2 Å². The van der Waals surface area contributed by atoms with Crippen molar-refractivity contribution in [3.63, 3.8) is 0 Å². The summed E-state index contributed by atoms with van der Waals surface area (Å²) >= 11 is 7.72. The topological polar surface area (TPSA) is 113 Å². The molecular weight excluding hydrogens is 621 g/mol. The summed E-state index contributed by atoms with van der Waals surface area (Å²) in [5.74, 6) is -1.25. The van der Waals surface area contributed by atoms with Gasteiger partial charge in [0.25, 0.3) is 0 Å². The van der Waals surface area contributed by atoms with Gasteiger partial charge >= 0.3 is 12.1 Å². The molecule has 3 rings (SSSR count). The zero-order chi connectivity index (χ0) is 25.6. The summed E-state index contributed by atoms with van der Waals surface area (Å²) in [6.07, 6.45) is -3.16. The lowest BCUT2D eigenvalue weighted by molar-refractivity contribution is -0.139. The number of aliphatic carboxylic acids is 1. The molecule has 0 saturated heterocycles. The highest BCUT2D eigenvalue weighted by atomic mass is 79.9. The van der Waals surface area contributed by atoms with Crippen LogP contribution in [0, 0.1) is 0 Å². The number of thiazole rings is 1. The minimum Gasteiger partial charge on any atom is -0.480 e. The number of hydrogen-bond acceptors (Lipinski definition) is 7. The number of rotatable bonds is 9. The monoisotopic (exact) mass is 634 g/mol. The van der Waals surface area contributed by atoms with Gasteiger partial charge in [-0.15, -0.1) is 11.3 Å². The van der Waals surface area contributed by atoms with Gasteiger partial charge < -0.3 is 15.2 Å². The number of carbonyl (C=O) groups is 2. The number of nitrogens with one attached hydrogen (secondary N) is 2. The Hall–Kier alpha value is -2.97. The first-order valence-electron chi connectivity index (χ1n) is 9.55. The van der Waals surface area contributed by atoms with Gasteiger partial charge in [0, 0.05) is 11.1 Å². The number of aromatic nitrogens is 1. The maximum Gasteiger partial charge on any atom is 0.416 e. The Balaban J connectivity index is 1.55. The average molecular weight is 636 g/mol. The van der Waals surface area contributed by atoms with Crippen LogP contribution in [-0.4, -0.2) is 34.8 Å². The first-order chi connectivity index (χ1) is 16.5. The molecule has 0 aliphatic carbocycles. The van der Waals surface area contributed by atoms with Crippen LogP contribution < -0.4 is 15.5 Å². The number of nitrogens with zero attached hydrogens (tertiary/aromatic N) is 2. The number of hydrogen-bond donors (Lipinski definition) is 3. The van der Waals surface area contributed by atoms with Gasteiger partial charge in [-0.2, -0.15) is 18.3 Å². The van der Waals surface area contributed by atoms with Gasteiger partial charge in [0.1, 0.15) is 5.75 Å². The largest absolute Gasteiger partial charge is 0.480 e. The molecule has 1 amide bonds. The van der Waals surface area contributed by atoms with E-state index in [0.717, 1.165) is 23.5 Å². The molecular formula is C21H15Br2F3N4O4S. The summed E-state index contributed by atoms with van der Waals surface area (Å²) in [5, 5.41) is 17.4. The first-order valence-corrected chi connectivity index (χ1v) is 12.0. The Morgan fingerprint density at radius 2 is 1.91 bits per heavy atom. The highest BCUT2D eigenvalue weighted by molar-refractivity contribution is 9.11. The number of ether oxygens (including phenoxy) is 1. The molecule has 0 unspecified atom stereocenters. The normalized spacial score (nSPS) is 11.5. The molecule has 184 valence electrons. The Morgan fingerprint density at radius 3 is 2.57 bits per heavy atom. The predicted molar refractivity (Wildman–Crippen MR) is 131 cm³/mol. The van der Waals surface area contributed by atoms with Crippen LogP contribution >= 0.6 is 43.2 Å². The van der Waals surface area contributed by atoms with Gasteiger partial charge in [-0.05, 0) is 67.8 Å². The van der Waals surface area contributed by atoms with E-state index in [0.29, 0.717) is 31.1 Å². The molecule has 1 heterocycles. The van der Waals surface area contributed by atoms with E-state index in [1.165, 1.54) is 18.3 Å². The third-order valence-corrected chi connectivity index (χ3v) is 6.08. The molecule has 2 aromatic carbocycles. The number of alkyl halides is 3. The quantitative estimate of drug-likeness (QED) is 0.209. The van der Waals surface area contributed by atoms with Crippen molar-refractivity contribution >= 4 is 72.1 Å². The lowest BCUT2D eigenvalue weighted by atomic mass is 10.2. The molecule has 0 aliphatic rings. The van der Waals surface area contributed by atoms with Gasteiger partial charge in [0.05, 0.1) is 32.8 Å². The van der Waals surface area contributed by atoms with E-state index in [1.54, 1.807) is 17.5 Å². The molecule has 0 atom stereocenters. The summed E-state index contributed by atoms with van der Waals surface area (Å²) in [5.41, 5.74) is 2.82. The number of anilines is 2. The van der Waals surface area contributed by atoms with E-state index in [1.807, 2.05) is 0 Å². The molecule has 8 nitrogen and oxygen atoms in total. The average Bonchev–Trinajstić information content (AvgIpc) is 3.19. The van der Waals surface area contributed by atoms with Gasteiger partial charge in [-0.3, -0.25) is 4.79 Å². The third-order valence-electron chi connectivity index (χ3n) is 4.10. The highest BCUT2D eigenvalue weighted by Gasteiger charge is 2.30. The SMILES string of the molecule is O=C(O)COc1c(Br)cc(/C=N\NC(=O)Cc2csc(Nc3cccc(C(F)(F)F)c3)n2)cc1Br. The Kier molecular flexibility index (Phi) is 8.86. The maximum absolute atomic E-state index is 12.9. The number of hydrazone groups is 1. The second kappa shape index (κ2) is 11.6. The van der Waals surface area contributed by atoms with E-state index in [4.69, 9.17) is 9.84 Å². The number of benzene rings is 2. The Morgan fingerprint density at radius 1 is 1.20 bits per heavy atom. The molecule has 3 aromatic rings. The van der Waals surface area contributed by atoms with Crippen LogP contribution in [0.3, 0.4) is 0 Å². The van der Waals surface area contributed by atoms with Crippen LogP contribution in [0.4, 0.5) is 24.0 Å². The van der Waals surface area contributed by atoms with E-state index < -0.39 is 30.2 Å². The highest BCUT2D eigenvalue weighted by Crippen LogP contribution is 2.34. The minimum absolute atomic E-state index is 0.0898. The number of carbonyl (C=O) groups excluding carboxylic acids is 1. The smallest absolute Gasteiger partial charge is 0.416 e. The van der Waals surface area contributed by atoms with E-state index in [-0.39, 0.29) is 12.1 Å². The van der Waals surface area contributed by atoms with Gasteiger partial charge in [0.2, 0.25) is 5.91 Å². The predicted octanol–water partition coefficient (Wildman–Crippen LogP) is 5.59. The van der Waals surface area contributed by atoms with Crippen molar-refractivity contribution < 1.29 is 32.6 Å². The maximum atomic E-state index is 12.9. The first kappa shape index (κ1) is 26.6. The molecule has 0 aliphatic heterocycles. The van der Waals surface area contributed by atoms with Crippen molar-refractivity contribution in [3.05, 3.63) is 67.5 Å². The van der Waals surface area contributed by atoms with Crippen molar-refractivity contribution in [2.75, 3.05) is 11.9 Å². The summed E-state index contributed by atoms with van der Waals surface area (Å²) in [7, 11) is 0. The van der Waals surface area contributed by atoms with Crippen molar-refractivity contribution in [1.29, 1.82) is 0 Å². The van der Waals surface area contributed by atoms with Crippen molar-refractivity contribution in [1.82, 2.24) is 10.4 Å². The summed E-state index contributed by atoms with van der Waals surface area (Å²) in [4.78, 5) is 27.0. The van der Waals surface area contributed by atoms with Crippen LogP contribution in [0.25, 0.3) is 0 Å². The fourth-order valence-electron chi connectivity index (χ4n) is 2.65. The number of halogens is 5. The molecule has 0 spiro atoms. The molecule has 0 fully saturated rings. The van der Waals surface area contributed by atoms with Gasteiger partial charge in [0.15, 0.2) is 11.7 Å². The summed E-state index contributed by atoms with van der Waals surface area (Å²) in [6, 6.07) is 7.98. The number of amides is 1. The minimum atomic E-state index is -4.45. The van der Waals surface area contributed by atoms with Crippen LogP contribution in [-0.2, 0) is 22.2 Å². The fourth-order valence-corrected chi connectivity index (χ4v) is 4.83. The van der Waals surface area contributed by atoms with E-state index in [2.05, 4.69) is 52.7 Å². The van der Waals surface area contributed by atoms with E-state index >= 15 is 0 Å². The van der Waals surface area contributed by atoms with Crippen LogP contribution in [0.15, 0.2) is 55.8 Å². The zero-order valence-corrected chi connectivity index (χ0v) is 21.4. The lowest BCUT2D eigenvalue weighted by Gasteiger charge is -2.09. The Labute approximate surface area is 217 Å². The standard InChI is InChI=1S/C21H15Br2F3N4O4S/c22-15-4-11(5-16(23)19(15)34-9-18(32)33)8-27-30-17(31)7-14-10-35-20(29-14)28-13-3-1-2-12(6-13)21(24,25)26/h1-6,8,10H,7,9H2,(H,28,29)(H,30,31)(H,32,33)/b27-8-. The summed E-state index contributed by atoms with van der Waals surface area (Å²) in [6.45, 7) is -0.505. The van der Waals surface area contributed by atoms with Crippen LogP contribution in [0.2, 0.25) is 0 Å².